The van der Waals surface area contributed by atoms with Crippen LogP contribution in [0.3, 0.4) is 0 Å². The van der Waals surface area contributed by atoms with Crippen LogP contribution in [0.4, 0.5) is 0 Å². The highest BCUT2D eigenvalue weighted by atomic mass is 16.5. The number of ether oxygens (including phenoxy) is 1. The molecule has 0 amide bonds. The molecule has 1 aliphatic rings. The fraction of sp³-hybridized carbons (Fsp3) is 1.00. The highest BCUT2D eigenvalue weighted by molar-refractivity contribution is 4.61. The van der Waals surface area contributed by atoms with Crippen LogP contribution in [-0.4, -0.2) is 50.6 Å². The predicted octanol–water partition coefficient (Wildman–Crippen LogP) is -0.959. The van der Waals surface area contributed by atoms with Crippen LogP contribution in [0.5, 0.6) is 0 Å². The van der Waals surface area contributed by atoms with Crippen molar-refractivity contribution in [3.8, 4) is 0 Å². The van der Waals surface area contributed by atoms with Crippen LogP contribution >= 0.6 is 0 Å². The standard InChI is InChI=1S/C5H15N3O.C5H10O/c6-1-2-8-3-5(7)4-9;1-2-4-6-5-3-1/h5,8-9H,1-4,6-7H2;1-5H2. The van der Waals surface area contributed by atoms with E-state index >= 15 is 0 Å². The molecule has 5 heteroatoms. The first kappa shape index (κ1) is 14.8. The van der Waals surface area contributed by atoms with E-state index in [2.05, 4.69) is 5.32 Å². The van der Waals surface area contributed by atoms with Gasteiger partial charge in [-0.15, -0.1) is 0 Å². The summed E-state index contributed by atoms with van der Waals surface area (Å²) >= 11 is 0. The molecule has 0 bridgehead atoms. The zero-order valence-corrected chi connectivity index (χ0v) is 9.45. The van der Waals surface area contributed by atoms with Crippen molar-refractivity contribution in [2.75, 3.05) is 39.5 Å². The van der Waals surface area contributed by atoms with Crippen molar-refractivity contribution in [2.24, 2.45) is 11.5 Å². The second kappa shape index (κ2) is 11.9. The Kier molecular flexibility index (Phi) is 11.7. The van der Waals surface area contributed by atoms with Crippen molar-refractivity contribution in [1.82, 2.24) is 5.32 Å². The number of aliphatic hydroxyl groups excluding tert-OH is 1. The van der Waals surface area contributed by atoms with Crippen LogP contribution in [-0.2, 0) is 4.74 Å². The predicted molar refractivity (Wildman–Crippen MR) is 61.7 cm³/mol. The summed E-state index contributed by atoms with van der Waals surface area (Å²) in [5, 5.41) is 11.4. The zero-order valence-electron chi connectivity index (χ0n) is 9.45. The van der Waals surface area contributed by atoms with Gasteiger partial charge in [-0.3, -0.25) is 0 Å². The Morgan fingerprint density at radius 3 is 2.27 bits per heavy atom. The molecule has 1 fully saturated rings. The third-order valence-corrected chi connectivity index (χ3v) is 2.04. The van der Waals surface area contributed by atoms with Gasteiger partial charge in [0.25, 0.3) is 0 Å². The van der Waals surface area contributed by atoms with Gasteiger partial charge in [0.05, 0.1) is 6.61 Å². The van der Waals surface area contributed by atoms with Crippen LogP contribution < -0.4 is 16.8 Å². The molecular formula is C10H25N3O2. The highest BCUT2D eigenvalue weighted by Gasteiger charge is 1.96. The lowest BCUT2D eigenvalue weighted by Crippen LogP contribution is -2.38. The second-order valence-corrected chi connectivity index (χ2v) is 3.61. The first-order valence-corrected chi connectivity index (χ1v) is 5.66. The maximum Gasteiger partial charge on any atom is 0.0594 e. The summed E-state index contributed by atoms with van der Waals surface area (Å²) < 4.78 is 5.07. The van der Waals surface area contributed by atoms with Gasteiger partial charge in [-0.05, 0) is 19.3 Å². The molecule has 1 heterocycles. The minimum atomic E-state index is -0.156. The summed E-state index contributed by atoms with van der Waals surface area (Å²) in [4.78, 5) is 0. The second-order valence-electron chi connectivity index (χ2n) is 3.61. The van der Waals surface area contributed by atoms with E-state index in [0.717, 1.165) is 19.8 Å². The lowest BCUT2D eigenvalue weighted by Gasteiger charge is -2.08. The van der Waals surface area contributed by atoms with E-state index in [1.54, 1.807) is 0 Å². The Morgan fingerprint density at radius 2 is 1.93 bits per heavy atom. The molecule has 1 aliphatic heterocycles. The SMILES string of the molecule is C1CCOCC1.NCCNCC(N)CO. The maximum absolute atomic E-state index is 8.44. The number of nitrogens with one attached hydrogen (secondary N) is 1. The van der Waals surface area contributed by atoms with E-state index in [1.165, 1.54) is 19.3 Å². The van der Waals surface area contributed by atoms with E-state index in [4.69, 9.17) is 21.3 Å². The molecule has 0 spiro atoms. The molecule has 15 heavy (non-hydrogen) atoms. The monoisotopic (exact) mass is 219 g/mol. The van der Waals surface area contributed by atoms with Crippen LogP contribution in [0.25, 0.3) is 0 Å². The van der Waals surface area contributed by atoms with E-state index in [0.29, 0.717) is 13.1 Å². The number of hydrogen-bond donors (Lipinski definition) is 4. The number of rotatable bonds is 5. The molecule has 1 atom stereocenters. The Hall–Kier alpha value is -0.200. The third-order valence-electron chi connectivity index (χ3n) is 2.04. The van der Waals surface area contributed by atoms with Gasteiger partial charge >= 0.3 is 0 Å². The minimum Gasteiger partial charge on any atom is -0.395 e. The number of nitrogens with two attached hydrogens (primary N) is 2. The number of aliphatic hydroxyl groups is 1. The summed E-state index contributed by atoms with van der Waals surface area (Å²) in [6.07, 6.45) is 3.93. The van der Waals surface area contributed by atoms with Gasteiger partial charge in [-0.2, -0.15) is 0 Å². The first-order chi connectivity index (χ1) is 7.31. The molecular weight excluding hydrogens is 194 g/mol. The van der Waals surface area contributed by atoms with Crippen LogP contribution in [0.2, 0.25) is 0 Å². The molecule has 0 aromatic heterocycles. The van der Waals surface area contributed by atoms with Gasteiger partial charge in [0.2, 0.25) is 0 Å². The minimum absolute atomic E-state index is 0.0254. The molecule has 92 valence electrons. The average molecular weight is 219 g/mol. The van der Waals surface area contributed by atoms with Gasteiger partial charge < -0.3 is 26.6 Å². The van der Waals surface area contributed by atoms with Crippen molar-refractivity contribution in [3.63, 3.8) is 0 Å². The Bertz CT molecular complexity index is 110. The number of hydrogen-bond acceptors (Lipinski definition) is 5. The molecule has 0 aromatic rings. The highest BCUT2D eigenvalue weighted by Crippen LogP contribution is 2.02. The summed E-state index contributed by atoms with van der Waals surface area (Å²) in [7, 11) is 0. The van der Waals surface area contributed by atoms with Crippen molar-refractivity contribution < 1.29 is 9.84 Å². The first-order valence-electron chi connectivity index (χ1n) is 5.66. The van der Waals surface area contributed by atoms with Crippen LogP contribution in [0.1, 0.15) is 19.3 Å². The molecule has 1 rings (SSSR count). The molecule has 0 saturated carbocycles. The zero-order chi connectivity index (χ0) is 11.4. The Balaban J connectivity index is 0.000000280. The lowest BCUT2D eigenvalue weighted by atomic mass is 10.2. The molecule has 1 saturated heterocycles. The quantitative estimate of drug-likeness (QED) is 0.447. The van der Waals surface area contributed by atoms with Gasteiger partial charge in [0.1, 0.15) is 0 Å². The van der Waals surface area contributed by atoms with Gasteiger partial charge in [-0.25, -0.2) is 0 Å². The van der Waals surface area contributed by atoms with E-state index in [1.807, 2.05) is 0 Å². The smallest absolute Gasteiger partial charge is 0.0594 e. The topological polar surface area (TPSA) is 93.5 Å². The Labute approximate surface area is 92.2 Å². The van der Waals surface area contributed by atoms with Gasteiger partial charge in [0, 0.05) is 38.9 Å². The largest absolute Gasteiger partial charge is 0.395 e. The summed E-state index contributed by atoms with van der Waals surface area (Å²) in [6, 6.07) is -0.156. The molecule has 1 unspecified atom stereocenters. The van der Waals surface area contributed by atoms with E-state index < -0.39 is 0 Å². The molecule has 0 radical (unpaired) electrons. The fourth-order valence-corrected chi connectivity index (χ4v) is 1.14. The van der Waals surface area contributed by atoms with Gasteiger partial charge in [-0.1, -0.05) is 0 Å². The van der Waals surface area contributed by atoms with Crippen molar-refractivity contribution in [3.05, 3.63) is 0 Å². The summed E-state index contributed by atoms with van der Waals surface area (Å²) in [6.45, 7) is 4.02. The lowest BCUT2D eigenvalue weighted by molar-refractivity contribution is 0.0968. The maximum atomic E-state index is 8.44. The van der Waals surface area contributed by atoms with Gasteiger partial charge in [0.15, 0.2) is 0 Å². The van der Waals surface area contributed by atoms with Crippen LogP contribution in [0.15, 0.2) is 0 Å². The van der Waals surface area contributed by atoms with Crippen molar-refractivity contribution in [2.45, 2.75) is 25.3 Å². The summed E-state index contributed by atoms with van der Waals surface area (Å²) in [5.41, 5.74) is 10.6. The van der Waals surface area contributed by atoms with E-state index in [-0.39, 0.29) is 12.6 Å². The van der Waals surface area contributed by atoms with Crippen LogP contribution in [0, 0.1) is 0 Å². The van der Waals surface area contributed by atoms with Crippen molar-refractivity contribution in [1.29, 1.82) is 0 Å². The third kappa shape index (κ3) is 11.7. The normalized spacial score (nSPS) is 17.8. The molecule has 6 N–H and O–H groups in total. The molecule has 5 nitrogen and oxygen atoms in total. The Morgan fingerprint density at radius 1 is 1.27 bits per heavy atom. The van der Waals surface area contributed by atoms with E-state index in [9.17, 15) is 0 Å². The molecule has 0 aliphatic carbocycles. The fourth-order valence-electron chi connectivity index (χ4n) is 1.14. The average Bonchev–Trinajstić information content (AvgIpc) is 2.32. The van der Waals surface area contributed by atoms with Crippen molar-refractivity contribution >= 4 is 0 Å². The summed E-state index contributed by atoms with van der Waals surface area (Å²) in [5.74, 6) is 0. The molecule has 0 aromatic carbocycles.